The van der Waals surface area contributed by atoms with Crippen LogP contribution in [0.3, 0.4) is 0 Å². The quantitative estimate of drug-likeness (QED) is 0.155. The number of carbonyl (C=O) groups is 5. The summed E-state index contributed by atoms with van der Waals surface area (Å²) in [5.41, 5.74) is -3.84. The van der Waals surface area contributed by atoms with Gasteiger partial charge in [-0.3, -0.25) is 14.4 Å². The second-order valence-electron chi connectivity index (χ2n) is 20.2. The first-order valence-electron chi connectivity index (χ1n) is 24.6. The number of likely N-dealkylation sites (N-methyl/N-ethyl adjacent to an activating group) is 1. The summed E-state index contributed by atoms with van der Waals surface area (Å²) in [5, 5.41) is 12.3. The Balaban J connectivity index is 1.65. The van der Waals surface area contributed by atoms with Gasteiger partial charge in [-0.1, -0.05) is 57.2 Å². The van der Waals surface area contributed by atoms with E-state index in [0.717, 1.165) is 0 Å². The molecule has 2 saturated heterocycles. The van der Waals surface area contributed by atoms with Crippen molar-refractivity contribution < 1.29 is 76.4 Å². The topological polar surface area (TPSA) is 201 Å². The average molecular weight is 996 g/mol. The van der Waals surface area contributed by atoms with Gasteiger partial charge < -0.3 is 57.4 Å². The molecule has 0 saturated carbocycles. The lowest BCUT2D eigenvalue weighted by Gasteiger charge is -2.50. The number of benzene rings is 2. The maximum atomic E-state index is 14.8. The second-order valence-corrected chi connectivity index (χ2v) is 20.2. The van der Waals surface area contributed by atoms with Gasteiger partial charge in [0.05, 0.1) is 53.1 Å². The van der Waals surface area contributed by atoms with Crippen LogP contribution < -0.4 is 0 Å². The van der Waals surface area contributed by atoms with E-state index in [4.69, 9.17) is 47.4 Å². The third-order valence-electron chi connectivity index (χ3n) is 14.4. The number of cyclic esters (lactones) is 1. The molecule has 17 heteroatoms. The minimum absolute atomic E-state index is 0.0270. The average Bonchev–Trinajstić information content (AvgIpc) is 3.34. The molecule has 0 amide bonds. The predicted octanol–water partition coefficient (Wildman–Crippen LogP) is 6.66. The van der Waals surface area contributed by atoms with E-state index in [1.54, 1.807) is 109 Å². The summed E-state index contributed by atoms with van der Waals surface area (Å²) in [5.74, 6) is -5.79. The molecule has 0 bridgehead atoms. The third-order valence-corrected chi connectivity index (χ3v) is 14.4. The number of rotatable bonds is 14. The largest absolute Gasteiger partial charge is 0.462 e. The van der Waals surface area contributed by atoms with Crippen molar-refractivity contribution in [1.82, 2.24) is 4.90 Å². The van der Waals surface area contributed by atoms with Gasteiger partial charge in [-0.15, -0.1) is 0 Å². The summed E-state index contributed by atoms with van der Waals surface area (Å²) in [6.07, 6.45) is -6.99. The van der Waals surface area contributed by atoms with Gasteiger partial charge >= 0.3 is 23.9 Å². The fraction of sp³-hybridized carbons (Fsp3) is 0.648. The van der Waals surface area contributed by atoms with Crippen molar-refractivity contribution in [3.05, 3.63) is 83.4 Å². The molecular formula is C54H77NO16. The lowest BCUT2D eigenvalue weighted by atomic mass is 9.76. The van der Waals surface area contributed by atoms with Crippen molar-refractivity contribution in [3.8, 4) is 0 Å². The van der Waals surface area contributed by atoms with Gasteiger partial charge in [0, 0.05) is 39.4 Å². The number of esters is 4. The van der Waals surface area contributed by atoms with Crippen LogP contribution in [0.2, 0.25) is 0 Å². The van der Waals surface area contributed by atoms with E-state index in [0.29, 0.717) is 17.5 Å². The molecule has 0 aromatic heterocycles. The maximum Gasteiger partial charge on any atom is 0.338 e. The molecule has 17 nitrogen and oxygen atoms in total. The van der Waals surface area contributed by atoms with E-state index < -0.39 is 114 Å². The Hall–Kier alpha value is -4.59. The monoisotopic (exact) mass is 996 g/mol. The maximum absolute atomic E-state index is 14.8. The van der Waals surface area contributed by atoms with Gasteiger partial charge in [0.1, 0.15) is 18.3 Å². The molecule has 5 rings (SSSR count). The molecule has 1 N–H and O–H groups in total. The Morgan fingerprint density at radius 1 is 0.789 bits per heavy atom. The molecule has 2 aromatic carbocycles. The first-order valence-corrected chi connectivity index (χ1v) is 24.6. The molecule has 2 unspecified atom stereocenters. The van der Waals surface area contributed by atoms with Gasteiger partial charge in [-0.05, 0) is 111 Å². The van der Waals surface area contributed by atoms with E-state index in [1.807, 2.05) is 32.8 Å². The highest BCUT2D eigenvalue weighted by Crippen LogP contribution is 2.42. The predicted molar refractivity (Wildman–Crippen MR) is 260 cm³/mol. The molecule has 0 radical (unpaired) electrons. The van der Waals surface area contributed by atoms with Gasteiger partial charge in [0.15, 0.2) is 36.2 Å². The number of hydrogen-bond donors (Lipinski definition) is 1. The molecule has 2 fully saturated rings. The van der Waals surface area contributed by atoms with Crippen LogP contribution in [0.1, 0.15) is 116 Å². The first kappa shape index (κ1) is 57.3. The molecule has 3 aliphatic heterocycles. The summed E-state index contributed by atoms with van der Waals surface area (Å²) in [6.45, 7) is 16.2. The lowest BCUT2D eigenvalue weighted by Crippen LogP contribution is -2.61. The highest BCUT2D eigenvalue weighted by molar-refractivity contribution is 5.96. The molecule has 2 aromatic rings. The number of nitrogens with zero attached hydrogens (tertiary/aromatic N) is 1. The Kier molecular flexibility index (Phi) is 19.7. The minimum atomic E-state index is -2.11. The Bertz CT molecular complexity index is 2150. The summed E-state index contributed by atoms with van der Waals surface area (Å²) in [7, 11) is 6.77. The zero-order valence-corrected chi connectivity index (χ0v) is 43.9. The number of hydrogen-bond acceptors (Lipinski definition) is 17. The zero-order valence-electron chi connectivity index (χ0n) is 43.9. The van der Waals surface area contributed by atoms with Crippen LogP contribution in [0.25, 0.3) is 0 Å². The molecule has 71 heavy (non-hydrogen) atoms. The zero-order chi connectivity index (χ0) is 52.6. The molecule has 16 atom stereocenters. The smallest absolute Gasteiger partial charge is 0.338 e. The van der Waals surface area contributed by atoms with Crippen LogP contribution >= 0.6 is 0 Å². The third kappa shape index (κ3) is 13.7. The molecule has 394 valence electrons. The standard InChI is InChI=1S/C54H77NO16/c1-15-41-54(61,30-64-37(8)56)28-32(3)43(57)31(2)27-52(9,62-13)46(71-51-45(40(55(11)12)26-33(4)65-51)69-49(59)38-22-18-16-19-23-38)34(5)44(35(6)48(58)67-41)68-42-29-53(10,63-14)47(36(7)66-42)70-50(60)39-24-20-17-21-25-39/h16-25,28,31,33-36,40-42,44-47,51,61H,15,26-27,29-30H2,1-14H3/t31-,33-,34+,35-,36+,40+,41-,42?,44+,45-,46-,47+,51?,52+,53-,54-/m1/s1. The number of methoxy groups -OCH3 is 2. The summed E-state index contributed by atoms with van der Waals surface area (Å²) in [4.78, 5) is 70.7. The molecule has 0 spiro atoms. The molecule has 3 aliphatic rings. The van der Waals surface area contributed by atoms with E-state index in [1.165, 1.54) is 27.2 Å². The van der Waals surface area contributed by atoms with Crippen molar-refractivity contribution in [2.45, 2.75) is 173 Å². The van der Waals surface area contributed by atoms with E-state index >= 15 is 0 Å². The fourth-order valence-electron chi connectivity index (χ4n) is 10.3. The normalized spacial score (nSPS) is 36.5. The van der Waals surface area contributed by atoms with Crippen LogP contribution in [-0.2, 0) is 61.8 Å². The van der Waals surface area contributed by atoms with Gasteiger partial charge in [-0.2, -0.15) is 0 Å². The summed E-state index contributed by atoms with van der Waals surface area (Å²) in [6, 6.07) is 16.8. The number of allylic oxidation sites excluding steroid dienone is 1. The SMILES string of the molecule is CC[C@H]1OC(=O)[C@H](C)[C@@H](OC2C[C@@](C)(OC)[C@@H](OC(=O)c3ccccc3)[C@H](C)O2)[C@H](C)[C@@H](OC2O[C@H](C)C[C@H](N(C)C)[C@H]2OC(=O)c2ccccc2)[C@@](C)(OC)C[C@@H](C)C(=O)C(C)=C[C@@]1(O)COC(C)=O. The number of Topliss-reactive ketones (excluding diaryl/α,β-unsaturated/α-hetero) is 1. The van der Waals surface area contributed by atoms with Crippen molar-refractivity contribution in [1.29, 1.82) is 0 Å². The van der Waals surface area contributed by atoms with Gasteiger partial charge in [0.25, 0.3) is 0 Å². The van der Waals surface area contributed by atoms with Crippen LogP contribution in [0.4, 0.5) is 0 Å². The number of carbonyl (C=O) groups excluding carboxylic acids is 5. The van der Waals surface area contributed by atoms with Crippen molar-refractivity contribution in [3.63, 3.8) is 0 Å². The Morgan fingerprint density at radius 2 is 1.35 bits per heavy atom. The number of ether oxygens (including phenoxy) is 10. The van der Waals surface area contributed by atoms with Crippen molar-refractivity contribution >= 4 is 29.7 Å². The van der Waals surface area contributed by atoms with Crippen molar-refractivity contribution in [2.24, 2.45) is 17.8 Å². The highest BCUT2D eigenvalue weighted by atomic mass is 16.7. The van der Waals surface area contributed by atoms with Crippen molar-refractivity contribution in [2.75, 3.05) is 34.9 Å². The van der Waals surface area contributed by atoms with Gasteiger partial charge in [0.2, 0.25) is 0 Å². The number of ketones is 1. The molecular weight excluding hydrogens is 919 g/mol. The fourth-order valence-corrected chi connectivity index (χ4v) is 10.3. The second kappa shape index (κ2) is 24.4. The minimum Gasteiger partial charge on any atom is -0.462 e. The van der Waals surface area contributed by atoms with Gasteiger partial charge in [-0.25, -0.2) is 9.59 Å². The van der Waals surface area contributed by atoms with E-state index in [-0.39, 0.29) is 42.8 Å². The molecule has 3 heterocycles. The van der Waals surface area contributed by atoms with Crippen LogP contribution in [-0.4, -0.2) is 153 Å². The summed E-state index contributed by atoms with van der Waals surface area (Å²) >= 11 is 0. The van der Waals surface area contributed by atoms with Crippen LogP contribution in [0.15, 0.2) is 72.3 Å². The lowest BCUT2D eigenvalue weighted by molar-refractivity contribution is -0.318. The number of aliphatic hydroxyl groups is 1. The van der Waals surface area contributed by atoms with Crippen LogP contribution in [0.5, 0.6) is 0 Å². The van der Waals surface area contributed by atoms with E-state index in [9.17, 15) is 29.1 Å². The first-order chi connectivity index (χ1) is 33.4. The Morgan fingerprint density at radius 3 is 1.89 bits per heavy atom. The Labute approximate surface area is 419 Å². The molecule has 0 aliphatic carbocycles. The highest BCUT2D eigenvalue weighted by Gasteiger charge is 2.54. The summed E-state index contributed by atoms with van der Waals surface area (Å²) < 4.78 is 63.8. The van der Waals surface area contributed by atoms with Crippen LogP contribution in [0, 0.1) is 17.8 Å². The van der Waals surface area contributed by atoms with E-state index in [2.05, 4.69) is 0 Å².